The molecule has 300 valence electrons. The molecule has 1 saturated carbocycles. The fraction of sp³-hybridized carbons (Fsp3) is 0.462. The Morgan fingerprint density at radius 2 is 1.79 bits per heavy atom. The maximum atomic E-state index is 16.1. The van der Waals surface area contributed by atoms with Crippen LogP contribution >= 0.6 is 0 Å². The summed E-state index contributed by atoms with van der Waals surface area (Å²) in [6.45, 7) is 1.73. The van der Waals surface area contributed by atoms with Crippen LogP contribution in [0.3, 0.4) is 0 Å². The largest absolute Gasteiger partial charge is 0.479 e. The number of rotatable bonds is 8. The first-order valence-corrected chi connectivity index (χ1v) is 19.0. The lowest BCUT2D eigenvalue weighted by atomic mass is 9.83. The molecule has 2 saturated heterocycles. The molecule has 0 radical (unpaired) electrons. The molecule has 14 nitrogen and oxygen atoms in total. The second kappa shape index (κ2) is 15.0. The molecule has 3 atom stereocenters. The number of imide groups is 1. The van der Waals surface area contributed by atoms with Crippen molar-refractivity contribution in [1.82, 2.24) is 39.1 Å². The molecule has 0 bridgehead atoms. The first-order chi connectivity index (χ1) is 27.3. The minimum atomic E-state index is -4.70. The maximum absolute atomic E-state index is 16.1. The second-order valence-electron chi connectivity index (χ2n) is 15.2. The quantitative estimate of drug-likeness (QED) is 0.157. The number of para-hydroxylation sites is 1. The molecule has 3 amide bonds. The van der Waals surface area contributed by atoms with Crippen molar-refractivity contribution in [2.24, 2.45) is 13.0 Å². The zero-order chi connectivity index (χ0) is 40.2. The summed E-state index contributed by atoms with van der Waals surface area (Å²) in [7, 11) is 3.05. The number of anilines is 1. The monoisotopic (exact) mass is 791 g/mol. The van der Waals surface area contributed by atoms with E-state index in [1.807, 2.05) is 16.9 Å². The van der Waals surface area contributed by atoms with E-state index in [-0.39, 0.29) is 48.7 Å². The number of likely N-dealkylation sites (tertiary alicyclic amines) is 1. The van der Waals surface area contributed by atoms with E-state index < -0.39 is 47.5 Å². The highest BCUT2D eigenvalue weighted by atomic mass is 19.4. The zero-order valence-electron chi connectivity index (χ0n) is 31.3. The molecule has 1 aromatic carbocycles. The number of carbonyl (C=O) groups excluding carboxylic acids is 3. The van der Waals surface area contributed by atoms with Crippen molar-refractivity contribution in [2.45, 2.75) is 75.3 Å². The molecule has 6 heterocycles. The highest BCUT2D eigenvalue weighted by Crippen LogP contribution is 2.39. The molecule has 3 aliphatic rings. The van der Waals surface area contributed by atoms with E-state index in [2.05, 4.69) is 25.5 Å². The topological polar surface area (TPSA) is 158 Å². The van der Waals surface area contributed by atoms with Crippen LogP contribution in [0.15, 0.2) is 53.5 Å². The number of ether oxygens (including phenoxy) is 1. The fourth-order valence-corrected chi connectivity index (χ4v) is 8.75. The van der Waals surface area contributed by atoms with Crippen LogP contribution in [0.4, 0.5) is 23.4 Å². The van der Waals surface area contributed by atoms with Gasteiger partial charge in [-0.3, -0.25) is 33.5 Å². The lowest BCUT2D eigenvalue weighted by Gasteiger charge is -2.38. The Hall–Kier alpha value is -5.65. The summed E-state index contributed by atoms with van der Waals surface area (Å²) in [5, 5.41) is 10.2. The third-order valence-electron chi connectivity index (χ3n) is 11.6. The van der Waals surface area contributed by atoms with Crippen LogP contribution in [0.5, 0.6) is 5.88 Å². The molecule has 3 fully saturated rings. The molecular formula is C39H41F4N9O5. The Labute approximate surface area is 323 Å². The summed E-state index contributed by atoms with van der Waals surface area (Å²) in [6.07, 6.45) is 0.426. The van der Waals surface area contributed by atoms with Gasteiger partial charge in [-0.1, -0.05) is 18.2 Å². The molecule has 1 aliphatic carbocycles. The van der Waals surface area contributed by atoms with Gasteiger partial charge in [0.1, 0.15) is 29.4 Å². The molecule has 57 heavy (non-hydrogen) atoms. The number of benzene rings is 1. The van der Waals surface area contributed by atoms with Crippen molar-refractivity contribution >= 4 is 45.5 Å². The number of aromatic nitrogens is 6. The predicted molar refractivity (Wildman–Crippen MR) is 200 cm³/mol. The van der Waals surface area contributed by atoms with Crippen LogP contribution < -0.4 is 21.1 Å². The van der Waals surface area contributed by atoms with Gasteiger partial charge in [-0.05, 0) is 80.8 Å². The summed E-state index contributed by atoms with van der Waals surface area (Å²) in [4.78, 5) is 60.6. The van der Waals surface area contributed by atoms with Gasteiger partial charge in [0.05, 0.1) is 24.2 Å². The van der Waals surface area contributed by atoms with Crippen molar-refractivity contribution in [3.05, 3.63) is 76.1 Å². The Morgan fingerprint density at radius 1 is 1.02 bits per heavy atom. The summed E-state index contributed by atoms with van der Waals surface area (Å²) in [6, 6.07) is 9.38. The number of pyridine rings is 2. The van der Waals surface area contributed by atoms with Crippen molar-refractivity contribution in [3.8, 4) is 5.88 Å². The Bertz CT molecular complexity index is 2430. The molecule has 4 aromatic heterocycles. The van der Waals surface area contributed by atoms with Crippen molar-refractivity contribution in [1.29, 1.82) is 0 Å². The first-order valence-electron chi connectivity index (χ1n) is 19.0. The average Bonchev–Trinajstić information content (AvgIpc) is 3.73. The first kappa shape index (κ1) is 38.2. The summed E-state index contributed by atoms with van der Waals surface area (Å²) < 4.78 is 65.8. The number of halogens is 4. The molecule has 2 N–H and O–H groups in total. The number of nitrogens with one attached hydrogen (secondary N) is 2. The number of nitrogens with zero attached hydrogens (tertiary/aromatic N) is 7. The number of imidazole rings is 1. The van der Waals surface area contributed by atoms with Gasteiger partial charge in [-0.25, -0.2) is 14.2 Å². The van der Waals surface area contributed by atoms with E-state index in [1.165, 1.54) is 22.3 Å². The number of alkyl halides is 4. The van der Waals surface area contributed by atoms with Crippen LogP contribution in [-0.4, -0.2) is 84.4 Å². The normalized spacial score (nSPS) is 23.5. The lowest BCUT2D eigenvalue weighted by molar-refractivity contribution is -0.141. The van der Waals surface area contributed by atoms with Crippen molar-refractivity contribution in [3.63, 3.8) is 0 Å². The SMILES string of the molecule is COc1nc(NC(=O)c2cccc(C(F)(F)F)n2)cc2cn([C@H]3CC[C@H](CN4CC[C@@H](c5cccc6c5n(C)c(=O)n6C5CCC(=O)NC5=O)[C@H](F)C4)CC3)nc12. The summed E-state index contributed by atoms with van der Waals surface area (Å²) >= 11 is 0. The number of fused-ring (bicyclic) bond motifs is 2. The van der Waals surface area contributed by atoms with E-state index in [4.69, 9.17) is 9.84 Å². The molecule has 8 rings (SSSR count). The highest BCUT2D eigenvalue weighted by molar-refractivity contribution is 6.03. The van der Waals surface area contributed by atoms with E-state index in [9.17, 15) is 32.3 Å². The Balaban J connectivity index is 0.895. The van der Waals surface area contributed by atoms with Crippen LogP contribution in [-0.2, 0) is 22.8 Å². The van der Waals surface area contributed by atoms with Gasteiger partial charge in [-0.2, -0.15) is 23.3 Å². The van der Waals surface area contributed by atoms with Crippen LogP contribution in [0.25, 0.3) is 21.9 Å². The number of carbonyl (C=O) groups is 3. The van der Waals surface area contributed by atoms with Gasteiger partial charge >= 0.3 is 11.9 Å². The highest BCUT2D eigenvalue weighted by Gasteiger charge is 2.37. The van der Waals surface area contributed by atoms with Crippen LogP contribution in [0, 0.1) is 5.92 Å². The van der Waals surface area contributed by atoms with E-state index >= 15 is 4.39 Å². The Morgan fingerprint density at radius 3 is 2.51 bits per heavy atom. The Kier molecular flexibility index (Phi) is 10.1. The minimum Gasteiger partial charge on any atom is -0.479 e. The van der Waals surface area contributed by atoms with Crippen LogP contribution in [0.2, 0.25) is 0 Å². The number of aryl methyl sites for hydroxylation is 1. The number of hydrogen-bond acceptors (Lipinski definition) is 9. The average molecular weight is 792 g/mol. The van der Waals surface area contributed by atoms with Crippen molar-refractivity contribution in [2.75, 3.05) is 32.1 Å². The third kappa shape index (κ3) is 7.37. The standard InChI is InChI=1S/C39H41F4N9O5/c1-49-34-25(5-3-7-28(34)52(38(49)56)29-13-14-32(53)47-36(29)55)24-15-16-50(20-26(24)40)18-21-9-11-23(12-10-21)51-19-22-17-31(46-37(57-2)33(22)48-51)45-35(54)27-6-4-8-30(44-27)39(41,42)43/h3-8,17,19,21,23-24,26,29H,9-16,18,20H2,1-2H3,(H,45,54)(H,47,53,55)/t21-,23-,24-,26+,29?/m0/s1. The molecule has 5 aromatic rings. The second-order valence-corrected chi connectivity index (χ2v) is 15.2. The van der Waals surface area contributed by atoms with Gasteiger partial charge in [0.15, 0.2) is 5.52 Å². The van der Waals surface area contributed by atoms with Gasteiger partial charge in [-0.15, -0.1) is 0 Å². The summed E-state index contributed by atoms with van der Waals surface area (Å²) in [5.74, 6) is -1.55. The van der Waals surface area contributed by atoms with Gasteiger partial charge in [0, 0.05) is 44.1 Å². The molecule has 0 spiro atoms. The van der Waals surface area contributed by atoms with Gasteiger partial charge in [0.25, 0.3) is 5.91 Å². The molecule has 1 unspecified atom stereocenters. The lowest BCUT2D eigenvalue weighted by Crippen LogP contribution is -2.44. The molecular weight excluding hydrogens is 750 g/mol. The molecule has 18 heteroatoms. The third-order valence-corrected chi connectivity index (χ3v) is 11.6. The number of hydrogen-bond donors (Lipinski definition) is 2. The number of amides is 3. The van der Waals surface area contributed by atoms with E-state index in [0.29, 0.717) is 40.8 Å². The van der Waals surface area contributed by atoms with E-state index in [0.717, 1.165) is 49.9 Å². The maximum Gasteiger partial charge on any atom is 0.433 e. The zero-order valence-corrected chi connectivity index (χ0v) is 31.3. The summed E-state index contributed by atoms with van der Waals surface area (Å²) in [5.41, 5.74) is 0.429. The van der Waals surface area contributed by atoms with Crippen molar-refractivity contribution < 1.29 is 36.7 Å². The minimum absolute atomic E-state index is 0.0770. The molecule has 2 aliphatic heterocycles. The number of methoxy groups -OCH3 is 1. The van der Waals surface area contributed by atoms with E-state index in [1.54, 1.807) is 25.2 Å². The fourth-order valence-electron chi connectivity index (χ4n) is 8.75. The van der Waals surface area contributed by atoms with Crippen LogP contribution in [0.1, 0.15) is 84.7 Å². The number of piperidine rings is 2. The predicted octanol–water partition coefficient (Wildman–Crippen LogP) is 5.30. The van der Waals surface area contributed by atoms with Gasteiger partial charge in [0.2, 0.25) is 17.7 Å². The smallest absolute Gasteiger partial charge is 0.433 e. The van der Waals surface area contributed by atoms with Gasteiger partial charge < -0.3 is 15.0 Å².